The number of hydrogen-bond donors (Lipinski definition) is 1. The minimum atomic E-state index is -0.955. The molecule has 0 aromatic rings. The first-order valence-electron chi connectivity index (χ1n) is 5.51. The molecule has 0 amide bonds. The Hall–Kier alpha value is -1.10. The van der Waals surface area contributed by atoms with Gasteiger partial charge in [-0.05, 0) is 6.42 Å². The summed E-state index contributed by atoms with van der Waals surface area (Å²) in [5.74, 6) is -0.902. The summed E-state index contributed by atoms with van der Waals surface area (Å²) < 4.78 is 9.53. The van der Waals surface area contributed by atoms with Crippen molar-refractivity contribution in [3.05, 3.63) is 0 Å². The number of hydrogen-bond acceptors (Lipinski definition) is 5. The second kappa shape index (κ2) is 8.10. The third kappa shape index (κ3) is 6.40. The summed E-state index contributed by atoms with van der Waals surface area (Å²) in [5.41, 5.74) is 0. The number of carbonyl (C=O) groups is 2. The van der Waals surface area contributed by atoms with Gasteiger partial charge in [-0.15, -0.1) is 0 Å². The number of carbonyl (C=O) groups excluding carboxylic acids is 2. The van der Waals surface area contributed by atoms with Crippen molar-refractivity contribution in [3.8, 4) is 0 Å². The molecule has 94 valence electrons. The SMILES string of the molecule is CCC(=O)OCC(O)COC(=O)C(C)CC. The summed E-state index contributed by atoms with van der Waals surface area (Å²) >= 11 is 0. The molecule has 0 aromatic carbocycles. The Kier molecular flexibility index (Phi) is 7.54. The Labute approximate surface area is 95.7 Å². The van der Waals surface area contributed by atoms with Crippen LogP contribution in [0.15, 0.2) is 0 Å². The second-order valence-corrected chi connectivity index (χ2v) is 3.63. The quantitative estimate of drug-likeness (QED) is 0.660. The predicted molar refractivity (Wildman–Crippen MR) is 57.7 cm³/mol. The Balaban J connectivity index is 3.68. The summed E-state index contributed by atoms with van der Waals surface area (Å²) in [7, 11) is 0. The second-order valence-electron chi connectivity index (χ2n) is 3.63. The molecule has 16 heavy (non-hydrogen) atoms. The number of aliphatic hydroxyl groups excluding tert-OH is 1. The molecule has 1 N–H and O–H groups in total. The zero-order chi connectivity index (χ0) is 12.6. The van der Waals surface area contributed by atoms with Gasteiger partial charge in [-0.2, -0.15) is 0 Å². The summed E-state index contributed by atoms with van der Waals surface area (Å²) in [6.07, 6.45) is 0.00238. The smallest absolute Gasteiger partial charge is 0.308 e. The van der Waals surface area contributed by atoms with Crippen molar-refractivity contribution in [2.45, 2.75) is 39.7 Å². The molecule has 0 aliphatic rings. The van der Waals surface area contributed by atoms with Gasteiger partial charge < -0.3 is 14.6 Å². The van der Waals surface area contributed by atoms with Gasteiger partial charge in [0.2, 0.25) is 0 Å². The lowest BCUT2D eigenvalue weighted by Gasteiger charge is -2.13. The molecule has 0 bridgehead atoms. The molecule has 0 radical (unpaired) electrons. The van der Waals surface area contributed by atoms with Crippen LogP contribution in [0.1, 0.15) is 33.6 Å². The van der Waals surface area contributed by atoms with Gasteiger partial charge in [0.1, 0.15) is 19.3 Å². The average molecular weight is 232 g/mol. The van der Waals surface area contributed by atoms with Crippen molar-refractivity contribution in [1.29, 1.82) is 0 Å². The van der Waals surface area contributed by atoms with Gasteiger partial charge in [0.15, 0.2) is 0 Å². The van der Waals surface area contributed by atoms with E-state index < -0.39 is 6.10 Å². The predicted octanol–water partition coefficient (Wildman–Crippen LogP) is 0.890. The van der Waals surface area contributed by atoms with Crippen molar-refractivity contribution in [2.75, 3.05) is 13.2 Å². The standard InChI is InChI=1S/C11H20O5/c1-4-8(3)11(14)16-7-9(12)6-15-10(13)5-2/h8-9,12H,4-7H2,1-3H3. The van der Waals surface area contributed by atoms with Crippen molar-refractivity contribution in [3.63, 3.8) is 0 Å². The van der Waals surface area contributed by atoms with E-state index in [1.54, 1.807) is 13.8 Å². The summed E-state index contributed by atoms with van der Waals surface area (Å²) in [6, 6.07) is 0. The Morgan fingerprint density at radius 2 is 1.75 bits per heavy atom. The largest absolute Gasteiger partial charge is 0.463 e. The highest BCUT2D eigenvalue weighted by molar-refractivity contribution is 5.71. The topological polar surface area (TPSA) is 72.8 Å². The van der Waals surface area contributed by atoms with Crippen molar-refractivity contribution < 1.29 is 24.2 Å². The third-order valence-electron chi connectivity index (χ3n) is 2.16. The minimum Gasteiger partial charge on any atom is -0.463 e. The van der Waals surface area contributed by atoms with Crippen LogP contribution in [0.5, 0.6) is 0 Å². The summed E-state index contributed by atoms with van der Waals surface area (Å²) in [4.78, 5) is 22.0. The fourth-order valence-electron chi connectivity index (χ4n) is 0.827. The number of ether oxygens (including phenoxy) is 2. The van der Waals surface area contributed by atoms with Crippen LogP contribution in [-0.4, -0.2) is 36.4 Å². The molecule has 0 heterocycles. The molecule has 0 fully saturated rings. The van der Waals surface area contributed by atoms with Gasteiger partial charge in [-0.25, -0.2) is 0 Å². The molecule has 5 nitrogen and oxygen atoms in total. The lowest BCUT2D eigenvalue weighted by atomic mass is 10.1. The van der Waals surface area contributed by atoms with Gasteiger partial charge in [0.05, 0.1) is 5.92 Å². The lowest BCUT2D eigenvalue weighted by Crippen LogP contribution is -2.26. The molecule has 0 aliphatic carbocycles. The fourth-order valence-corrected chi connectivity index (χ4v) is 0.827. The number of rotatable bonds is 7. The van der Waals surface area contributed by atoms with Crippen LogP contribution in [0.4, 0.5) is 0 Å². The van der Waals surface area contributed by atoms with E-state index in [1.807, 2.05) is 6.92 Å². The van der Waals surface area contributed by atoms with Gasteiger partial charge in [0.25, 0.3) is 0 Å². The van der Waals surface area contributed by atoms with Gasteiger partial charge in [-0.3, -0.25) is 9.59 Å². The van der Waals surface area contributed by atoms with Crippen LogP contribution in [0.2, 0.25) is 0 Å². The normalized spacial score (nSPS) is 14.0. The first kappa shape index (κ1) is 14.9. The number of aliphatic hydroxyl groups is 1. The van der Waals surface area contributed by atoms with E-state index in [0.29, 0.717) is 6.42 Å². The van der Waals surface area contributed by atoms with E-state index >= 15 is 0 Å². The zero-order valence-corrected chi connectivity index (χ0v) is 10.1. The highest BCUT2D eigenvalue weighted by atomic mass is 16.6. The van der Waals surface area contributed by atoms with Crippen LogP contribution in [0, 0.1) is 5.92 Å². The highest BCUT2D eigenvalue weighted by Gasteiger charge is 2.15. The van der Waals surface area contributed by atoms with Crippen LogP contribution >= 0.6 is 0 Å². The maximum Gasteiger partial charge on any atom is 0.308 e. The molecular formula is C11H20O5. The molecular weight excluding hydrogens is 212 g/mol. The fraction of sp³-hybridized carbons (Fsp3) is 0.818. The van der Waals surface area contributed by atoms with Crippen LogP contribution in [0.25, 0.3) is 0 Å². The Bertz CT molecular complexity index is 226. The van der Waals surface area contributed by atoms with E-state index in [9.17, 15) is 14.7 Å². The molecule has 0 saturated carbocycles. The monoisotopic (exact) mass is 232 g/mol. The van der Waals surface area contributed by atoms with Crippen molar-refractivity contribution in [1.82, 2.24) is 0 Å². The highest BCUT2D eigenvalue weighted by Crippen LogP contribution is 2.03. The maximum absolute atomic E-state index is 11.2. The first-order chi connectivity index (χ1) is 7.51. The molecule has 0 aliphatic heterocycles. The molecule has 0 saturated heterocycles. The minimum absolute atomic E-state index is 0.138. The van der Waals surface area contributed by atoms with Crippen molar-refractivity contribution >= 4 is 11.9 Å². The molecule has 5 heteroatoms. The first-order valence-corrected chi connectivity index (χ1v) is 5.51. The Morgan fingerprint density at radius 1 is 1.19 bits per heavy atom. The molecule has 0 rings (SSSR count). The average Bonchev–Trinajstić information content (AvgIpc) is 2.31. The van der Waals surface area contributed by atoms with Gasteiger partial charge >= 0.3 is 11.9 Å². The molecule has 0 aromatic heterocycles. The van der Waals surface area contributed by atoms with Crippen LogP contribution in [-0.2, 0) is 19.1 Å². The summed E-state index contributed by atoms with van der Waals surface area (Å²) in [6.45, 7) is 5.02. The zero-order valence-electron chi connectivity index (χ0n) is 10.1. The van der Waals surface area contributed by atoms with Crippen LogP contribution in [0.3, 0.4) is 0 Å². The Morgan fingerprint density at radius 3 is 2.25 bits per heavy atom. The summed E-state index contributed by atoms with van der Waals surface area (Å²) in [5, 5.41) is 9.34. The third-order valence-corrected chi connectivity index (χ3v) is 2.16. The van der Waals surface area contributed by atoms with E-state index in [1.165, 1.54) is 0 Å². The van der Waals surface area contributed by atoms with Crippen molar-refractivity contribution in [2.24, 2.45) is 5.92 Å². The van der Waals surface area contributed by atoms with Crippen LogP contribution < -0.4 is 0 Å². The van der Waals surface area contributed by atoms with Gasteiger partial charge in [0, 0.05) is 6.42 Å². The van der Waals surface area contributed by atoms with E-state index in [-0.39, 0.29) is 37.5 Å². The lowest BCUT2D eigenvalue weighted by molar-refractivity contribution is -0.154. The van der Waals surface area contributed by atoms with E-state index in [0.717, 1.165) is 0 Å². The van der Waals surface area contributed by atoms with E-state index in [4.69, 9.17) is 9.47 Å². The molecule has 2 unspecified atom stereocenters. The van der Waals surface area contributed by atoms with E-state index in [2.05, 4.69) is 0 Å². The number of esters is 2. The van der Waals surface area contributed by atoms with Gasteiger partial charge in [-0.1, -0.05) is 20.8 Å². The maximum atomic E-state index is 11.2. The molecule has 2 atom stereocenters. The molecule has 0 spiro atoms.